The maximum Gasteiger partial charge on any atom is 0.217 e. The number of carbonyl (C=O) groups excluding carboxylic acids is 1. The van der Waals surface area contributed by atoms with Crippen LogP contribution in [0.25, 0.3) is 0 Å². The number of piperidine rings is 1. The maximum atomic E-state index is 11.2. The molecule has 1 amide bonds. The Hall–Kier alpha value is -1.56. The molecule has 0 bridgehead atoms. The number of carbonyl (C=O) groups is 1. The fraction of sp³-hybridized carbons (Fsp3) is 0.647. The predicted molar refractivity (Wildman–Crippen MR) is 96.8 cm³/mol. The van der Waals surface area contributed by atoms with E-state index in [2.05, 4.69) is 41.6 Å². The summed E-state index contributed by atoms with van der Waals surface area (Å²) in [5.41, 5.74) is 5.35. The van der Waals surface area contributed by atoms with E-state index in [0.717, 1.165) is 45.0 Å². The standard InChI is InChI=1S/C17H28N4OS/c1-3-19-17(20-11-13(2)15-7-5-9-23-15)21-8-4-6-14(12-21)10-16(18)22/h5,7,9,13-14H,3-4,6,8,10-12H2,1-2H3,(H2,18,22)(H,19,20). The number of nitrogens with two attached hydrogens (primary N) is 1. The van der Waals surface area contributed by atoms with Crippen molar-refractivity contribution >= 4 is 23.2 Å². The van der Waals surface area contributed by atoms with Crippen molar-refractivity contribution in [3.63, 3.8) is 0 Å². The SMILES string of the molecule is CCNC(=NCC(C)c1cccs1)N1CCCC(CC(N)=O)C1. The van der Waals surface area contributed by atoms with E-state index in [4.69, 9.17) is 10.7 Å². The van der Waals surface area contributed by atoms with Crippen LogP contribution >= 0.6 is 11.3 Å². The van der Waals surface area contributed by atoms with Gasteiger partial charge in [-0.2, -0.15) is 0 Å². The molecule has 128 valence electrons. The van der Waals surface area contributed by atoms with Gasteiger partial charge in [0.05, 0.1) is 6.54 Å². The van der Waals surface area contributed by atoms with Crippen LogP contribution in [-0.2, 0) is 4.79 Å². The first-order valence-electron chi connectivity index (χ1n) is 8.45. The van der Waals surface area contributed by atoms with Crippen molar-refractivity contribution in [3.05, 3.63) is 22.4 Å². The molecule has 0 spiro atoms. The van der Waals surface area contributed by atoms with Crippen molar-refractivity contribution in [1.29, 1.82) is 0 Å². The average Bonchev–Trinajstić information content (AvgIpc) is 3.05. The van der Waals surface area contributed by atoms with Gasteiger partial charge in [-0.3, -0.25) is 9.79 Å². The highest BCUT2D eigenvalue weighted by Gasteiger charge is 2.23. The molecular weight excluding hydrogens is 308 g/mol. The third-order valence-corrected chi connectivity index (χ3v) is 5.29. The Balaban J connectivity index is 1.98. The van der Waals surface area contributed by atoms with Crippen LogP contribution in [0.5, 0.6) is 0 Å². The van der Waals surface area contributed by atoms with Crippen molar-refractivity contribution < 1.29 is 4.79 Å². The molecule has 23 heavy (non-hydrogen) atoms. The number of hydrogen-bond donors (Lipinski definition) is 2. The van der Waals surface area contributed by atoms with E-state index in [9.17, 15) is 4.79 Å². The van der Waals surface area contributed by atoms with Gasteiger partial charge >= 0.3 is 0 Å². The number of primary amides is 1. The summed E-state index contributed by atoms with van der Waals surface area (Å²) in [6, 6.07) is 4.26. The van der Waals surface area contributed by atoms with Gasteiger partial charge in [0.25, 0.3) is 0 Å². The zero-order chi connectivity index (χ0) is 16.7. The molecule has 0 saturated carbocycles. The number of aliphatic imine (C=N–C) groups is 1. The van der Waals surface area contributed by atoms with Gasteiger partial charge in [-0.1, -0.05) is 13.0 Å². The van der Waals surface area contributed by atoms with Gasteiger partial charge in [-0.25, -0.2) is 0 Å². The fourth-order valence-electron chi connectivity index (χ4n) is 3.02. The summed E-state index contributed by atoms with van der Waals surface area (Å²) < 4.78 is 0. The van der Waals surface area contributed by atoms with Crippen LogP contribution in [0.4, 0.5) is 0 Å². The first-order valence-corrected chi connectivity index (χ1v) is 9.33. The van der Waals surface area contributed by atoms with Crippen molar-refractivity contribution in [3.8, 4) is 0 Å². The number of nitrogens with zero attached hydrogens (tertiary/aromatic N) is 2. The van der Waals surface area contributed by atoms with Gasteiger partial charge in [0, 0.05) is 36.9 Å². The van der Waals surface area contributed by atoms with Gasteiger partial charge in [-0.05, 0) is 37.1 Å². The van der Waals surface area contributed by atoms with Crippen LogP contribution < -0.4 is 11.1 Å². The molecule has 1 saturated heterocycles. The number of hydrogen-bond acceptors (Lipinski definition) is 3. The van der Waals surface area contributed by atoms with E-state index in [1.165, 1.54) is 4.88 Å². The van der Waals surface area contributed by atoms with Crippen LogP contribution in [0.1, 0.15) is 43.9 Å². The highest BCUT2D eigenvalue weighted by molar-refractivity contribution is 7.10. The van der Waals surface area contributed by atoms with Gasteiger partial charge in [0.2, 0.25) is 5.91 Å². The van der Waals surface area contributed by atoms with Gasteiger partial charge in [0.1, 0.15) is 0 Å². The minimum Gasteiger partial charge on any atom is -0.370 e. The molecule has 2 atom stereocenters. The second-order valence-electron chi connectivity index (χ2n) is 6.24. The Bertz CT molecular complexity index is 515. The predicted octanol–water partition coefficient (Wildman–Crippen LogP) is 2.40. The van der Waals surface area contributed by atoms with Gasteiger partial charge in [0.15, 0.2) is 5.96 Å². The largest absolute Gasteiger partial charge is 0.370 e. The molecule has 1 aromatic rings. The summed E-state index contributed by atoms with van der Waals surface area (Å²) in [7, 11) is 0. The lowest BCUT2D eigenvalue weighted by atomic mass is 9.95. The molecule has 6 heteroatoms. The second kappa shape index (κ2) is 8.91. The first kappa shape index (κ1) is 17.8. The summed E-state index contributed by atoms with van der Waals surface area (Å²) in [5.74, 6) is 1.53. The molecular formula is C17H28N4OS. The Kier molecular flexibility index (Phi) is 6.89. The monoisotopic (exact) mass is 336 g/mol. The number of guanidine groups is 1. The molecule has 5 nitrogen and oxygen atoms in total. The quantitative estimate of drug-likeness (QED) is 0.619. The molecule has 1 aromatic heterocycles. The lowest BCUT2D eigenvalue weighted by Gasteiger charge is -2.34. The number of amides is 1. The summed E-state index contributed by atoms with van der Waals surface area (Å²) in [6.07, 6.45) is 2.63. The molecule has 3 N–H and O–H groups in total. The van der Waals surface area contributed by atoms with Crippen molar-refractivity contribution in [2.75, 3.05) is 26.2 Å². The molecule has 0 aliphatic carbocycles. The summed E-state index contributed by atoms with van der Waals surface area (Å²) >= 11 is 1.78. The Morgan fingerprint density at radius 1 is 1.61 bits per heavy atom. The van der Waals surface area contributed by atoms with Crippen LogP contribution in [0.15, 0.2) is 22.5 Å². The molecule has 2 heterocycles. The summed E-state index contributed by atoms with van der Waals surface area (Å²) in [6.45, 7) is 7.79. The van der Waals surface area contributed by atoms with Crippen LogP contribution in [0.2, 0.25) is 0 Å². The van der Waals surface area contributed by atoms with Gasteiger partial charge < -0.3 is 16.0 Å². The minimum absolute atomic E-state index is 0.204. The van der Waals surface area contributed by atoms with E-state index < -0.39 is 0 Å². The zero-order valence-corrected chi connectivity index (χ0v) is 14.9. The van der Waals surface area contributed by atoms with Gasteiger partial charge in [-0.15, -0.1) is 11.3 Å². The Morgan fingerprint density at radius 3 is 3.09 bits per heavy atom. The Morgan fingerprint density at radius 2 is 2.43 bits per heavy atom. The first-order chi connectivity index (χ1) is 11.1. The average molecular weight is 337 g/mol. The molecule has 1 aliphatic rings. The Labute approximate surface area is 143 Å². The number of nitrogens with one attached hydrogen (secondary N) is 1. The number of thiophene rings is 1. The lowest BCUT2D eigenvalue weighted by molar-refractivity contribution is -0.119. The number of rotatable bonds is 6. The molecule has 0 radical (unpaired) electrons. The van der Waals surface area contributed by atoms with E-state index in [1.54, 1.807) is 11.3 Å². The lowest BCUT2D eigenvalue weighted by Crippen LogP contribution is -2.47. The van der Waals surface area contributed by atoms with Crippen molar-refractivity contribution in [2.45, 2.75) is 39.0 Å². The van der Waals surface area contributed by atoms with Crippen molar-refractivity contribution in [1.82, 2.24) is 10.2 Å². The van der Waals surface area contributed by atoms with Crippen LogP contribution in [0.3, 0.4) is 0 Å². The van der Waals surface area contributed by atoms with E-state index in [0.29, 0.717) is 18.3 Å². The van der Waals surface area contributed by atoms with Crippen LogP contribution in [0, 0.1) is 5.92 Å². The zero-order valence-electron chi connectivity index (χ0n) is 14.1. The third-order valence-electron chi connectivity index (χ3n) is 4.19. The normalized spacial score (nSPS) is 20.3. The summed E-state index contributed by atoms with van der Waals surface area (Å²) in [4.78, 5) is 19.7. The number of likely N-dealkylation sites (tertiary alicyclic amines) is 1. The highest BCUT2D eigenvalue weighted by Crippen LogP contribution is 2.22. The third kappa shape index (κ3) is 5.53. The highest BCUT2D eigenvalue weighted by atomic mass is 32.1. The topological polar surface area (TPSA) is 70.7 Å². The van der Waals surface area contributed by atoms with E-state index in [-0.39, 0.29) is 5.91 Å². The summed E-state index contributed by atoms with van der Waals surface area (Å²) in [5, 5.41) is 5.50. The van der Waals surface area contributed by atoms with Crippen LogP contribution in [-0.4, -0.2) is 42.9 Å². The molecule has 2 rings (SSSR count). The fourth-order valence-corrected chi connectivity index (χ4v) is 3.80. The molecule has 0 aromatic carbocycles. The van der Waals surface area contributed by atoms with E-state index in [1.807, 2.05) is 0 Å². The smallest absolute Gasteiger partial charge is 0.217 e. The molecule has 1 fully saturated rings. The van der Waals surface area contributed by atoms with E-state index >= 15 is 0 Å². The second-order valence-corrected chi connectivity index (χ2v) is 7.22. The minimum atomic E-state index is -0.204. The molecule has 2 unspecified atom stereocenters. The molecule has 1 aliphatic heterocycles. The van der Waals surface area contributed by atoms with Crippen molar-refractivity contribution in [2.24, 2.45) is 16.6 Å². The maximum absolute atomic E-state index is 11.2.